The Bertz CT molecular complexity index is 473. The zero-order valence-electron chi connectivity index (χ0n) is 11.0. The summed E-state index contributed by atoms with van der Waals surface area (Å²) in [7, 11) is 0.846. The largest absolute Gasteiger partial charge is 0.446 e. The molecule has 1 aromatic carbocycles. The summed E-state index contributed by atoms with van der Waals surface area (Å²) in [5.74, 6) is 0.197. The average Bonchev–Trinajstić information content (AvgIpc) is 2.29. The van der Waals surface area contributed by atoms with Gasteiger partial charge in [0.25, 0.3) is 0 Å². The number of hydrogen-bond acceptors (Lipinski definition) is 5. The Morgan fingerprint density at radius 2 is 1.84 bits per heavy atom. The number of benzene rings is 1. The minimum Gasteiger partial charge on any atom is -0.362 e. The molecule has 19 heavy (non-hydrogen) atoms. The molecule has 1 amide bonds. The van der Waals surface area contributed by atoms with E-state index in [-0.39, 0.29) is 11.7 Å². The lowest BCUT2D eigenvalue weighted by Crippen LogP contribution is -2.30. The Morgan fingerprint density at radius 3 is 2.16 bits per heavy atom. The minimum atomic E-state index is -4.38. The highest BCUT2D eigenvalue weighted by molar-refractivity contribution is 7.81. The first kappa shape index (κ1) is 17.4. The summed E-state index contributed by atoms with van der Waals surface area (Å²) in [6, 6.07) is 7.75. The molecule has 2 N–H and O–H groups in total. The van der Waals surface area contributed by atoms with Crippen molar-refractivity contribution in [1.82, 2.24) is 10.2 Å². The average molecular weight is 290 g/mol. The molecular formula is C11H18N2O5S. The fraction of sp³-hybridized carbons (Fsp3) is 0.364. The van der Waals surface area contributed by atoms with E-state index in [0.717, 1.165) is 0 Å². The second-order valence-corrected chi connectivity index (χ2v) is 4.66. The molecule has 0 fully saturated rings. The van der Waals surface area contributed by atoms with E-state index in [2.05, 4.69) is 9.50 Å². The Hall–Kier alpha value is -1.64. The number of hydrogen-bond donors (Lipinski definition) is 2. The van der Waals surface area contributed by atoms with Crippen molar-refractivity contribution >= 4 is 16.3 Å². The minimum absolute atomic E-state index is 0.0926. The smallest absolute Gasteiger partial charge is 0.362 e. The molecule has 0 spiro atoms. The Labute approximate surface area is 113 Å². The van der Waals surface area contributed by atoms with Gasteiger partial charge in [-0.1, -0.05) is 18.2 Å². The summed E-state index contributed by atoms with van der Waals surface area (Å²) in [5, 5.41) is 2.76. The van der Waals surface area contributed by atoms with Gasteiger partial charge in [-0.15, -0.1) is 0 Å². The number of carbonyl (C=O) groups is 1. The molecule has 0 atom stereocenters. The van der Waals surface area contributed by atoms with Gasteiger partial charge in [-0.3, -0.25) is 9.35 Å². The molecule has 0 unspecified atom stereocenters. The van der Waals surface area contributed by atoms with Crippen LogP contribution in [0.5, 0.6) is 5.75 Å². The Balaban J connectivity index is 0.000000362. The number of amides is 1. The molecule has 0 aromatic heterocycles. The number of rotatable bonds is 4. The van der Waals surface area contributed by atoms with Crippen molar-refractivity contribution in [3.05, 3.63) is 30.3 Å². The predicted molar refractivity (Wildman–Crippen MR) is 71.2 cm³/mol. The van der Waals surface area contributed by atoms with Crippen molar-refractivity contribution in [2.45, 2.75) is 0 Å². The molecule has 1 aromatic rings. The van der Waals surface area contributed by atoms with Crippen molar-refractivity contribution < 1.29 is 21.9 Å². The molecule has 1 rings (SSSR count). The third-order valence-corrected chi connectivity index (χ3v) is 2.17. The van der Waals surface area contributed by atoms with Gasteiger partial charge in [0.2, 0.25) is 5.91 Å². The van der Waals surface area contributed by atoms with E-state index >= 15 is 0 Å². The second-order valence-electron chi connectivity index (χ2n) is 3.64. The molecule has 0 bridgehead atoms. The predicted octanol–water partition coefficient (Wildman–Crippen LogP) is 0.162. The lowest BCUT2D eigenvalue weighted by molar-refractivity contribution is -0.127. The molecule has 0 heterocycles. The highest BCUT2D eigenvalue weighted by Crippen LogP contribution is 2.09. The van der Waals surface area contributed by atoms with Crippen LogP contribution in [0.2, 0.25) is 0 Å². The molecular weight excluding hydrogens is 272 g/mol. The first-order valence-corrected chi connectivity index (χ1v) is 6.69. The van der Waals surface area contributed by atoms with Gasteiger partial charge in [-0.05, 0) is 19.2 Å². The maximum absolute atomic E-state index is 10.6. The second kappa shape index (κ2) is 8.46. The lowest BCUT2D eigenvalue weighted by atomic mass is 10.3. The van der Waals surface area contributed by atoms with E-state index in [9.17, 15) is 13.2 Å². The van der Waals surface area contributed by atoms with E-state index in [1.54, 1.807) is 44.2 Å². The van der Waals surface area contributed by atoms with E-state index < -0.39 is 10.4 Å². The number of likely N-dealkylation sites (N-methyl/N-ethyl adjacent to an activating group) is 2. The van der Waals surface area contributed by atoms with Gasteiger partial charge in [0.1, 0.15) is 5.75 Å². The molecule has 0 saturated heterocycles. The first-order chi connectivity index (χ1) is 8.76. The fourth-order valence-electron chi connectivity index (χ4n) is 0.907. The van der Waals surface area contributed by atoms with Gasteiger partial charge in [-0.25, -0.2) is 0 Å². The zero-order chi connectivity index (χ0) is 14.9. The summed E-state index contributed by atoms with van der Waals surface area (Å²) in [4.78, 5) is 12.2. The number of carbonyl (C=O) groups excluding carboxylic acids is 1. The van der Waals surface area contributed by atoms with Gasteiger partial charge < -0.3 is 14.4 Å². The molecule has 8 heteroatoms. The van der Waals surface area contributed by atoms with Crippen molar-refractivity contribution in [2.75, 3.05) is 27.7 Å². The van der Waals surface area contributed by atoms with Crippen LogP contribution in [0.3, 0.4) is 0 Å². The van der Waals surface area contributed by atoms with Crippen molar-refractivity contribution in [3.8, 4) is 5.75 Å². The number of nitrogens with one attached hydrogen (secondary N) is 1. The van der Waals surface area contributed by atoms with Crippen LogP contribution in [-0.4, -0.2) is 51.5 Å². The van der Waals surface area contributed by atoms with Crippen LogP contribution in [0.25, 0.3) is 0 Å². The van der Waals surface area contributed by atoms with Crippen LogP contribution in [0.15, 0.2) is 30.3 Å². The Kier molecular flexibility index (Phi) is 7.73. The molecule has 0 radical (unpaired) electrons. The first-order valence-electron chi connectivity index (χ1n) is 5.33. The monoisotopic (exact) mass is 290 g/mol. The SMILES string of the molecule is CNCC(=O)N(C)C.O=S(=O)(O)Oc1ccccc1. The maximum atomic E-state index is 10.6. The lowest BCUT2D eigenvalue weighted by Gasteiger charge is -2.07. The summed E-state index contributed by atoms with van der Waals surface area (Å²) >= 11 is 0. The van der Waals surface area contributed by atoms with Gasteiger partial charge in [-0.2, -0.15) is 8.42 Å². The fourth-order valence-corrected chi connectivity index (χ4v) is 1.26. The van der Waals surface area contributed by atoms with Crippen LogP contribution in [0.1, 0.15) is 0 Å². The van der Waals surface area contributed by atoms with Crippen LogP contribution < -0.4 is 9.50 Å². The van der Waals surface area contributed by atoms with Crippen molar-refractivity contribution in [2.24, 2.45) is 0 Å². The molecule has 7 nitrogen and oxygen atoms in total. The Morgan fingerprint density at radius 1 is 1.32 bits per heavy atom. The molecule has 108 valence electrons. The van der Waals surface area contributed by atoms with Crippen LogP contribution >= 0.6 is 0 Å². The van der Waals surface area contributed by atoms with E-state index in [1.165, 1.54) is 12.1 Å². The topological polar surface area (TPSA) is 95.9 Å². The third-order valence-electron chi connectivity index (χ3n) is 1.77. The summed E-state index contributed by atoms with van der Waals surface area (Å²) < 4.78 is 32.6. The van der Waals surface area contributed by atoms with Crippen molar-refractivity contribution in [3.63, 3.8) is 0 Å². The van der Waals surface area contributed by atoms with E-state index in [1.807, 2.05) is 0 Å². The van der Waals surface area contributed by atoms with E-state index in [4.69, 9.17) is 4.55 Å². The number of nitrogens with zero attached hydrogens (tertiary/aromatic N) is 1. The van der Waals surface area contributed by atoms with Crippen molar-refractivity contribution in [1.29, 1.82) is 0 Å². The summed E-state index contributed by atoms with van der Waals surface area (Å²) in [5.41, 5.74) is 0. The van der Waals surface area contributed by atoms with Crippen LogP contribution in [0, 0.1) is 0 Å². The third kappa shape index (κ3) is 10.0. The van der Waals surface area contributed by atoms with Gasteiger partial charge in [0.15, 0.2) is 0 Å². The zero-order valence-corrected chi connectivity index (χ0v) is 11.8. The van der Waals surface area contributed by atoms with E-state index in [0.29, 0.717) is 6.54 Å². The number of para-hydroxylation sites is 1. The van der Waals surface area contributed by atoms with Crippen LogP contribution in [0.4, 0.5) is 0 Å². The highest BCUT2D eigenvalue weighted by Gasteiger charge is 2.04. The van der Waals surface area contributed by atoms with Gasteiger partial charge in [0.05, 0.1) is 6.54 Å². The molecule has 0 aliphatic heterocycles. The van der Waals surface area contributed by atoms with Gasteiger partial charge >= 0.3 is 10.4 Å². The molecule has 0 saturated carbocycles. The normalized spacial score (nSPS) is 10.1. The quantitative estimate of drug-likeness (QED) is 0.767. The summed E-state index contributed by atoms with van der Waals surface area (Å²) in [6.07, 6.45) is 0. The molecule has 0 aliphatic carbocycles. The summed E-state index contributed by atoms with van der Waals surface area (Å²) in [6.45, 7) is 0.424. The maximum Gasteiger partial charge on any atom is 0.446 e. The highest BCUT2D eigenvalue weighted by atomic mass is 32.3. The van der Waals surface area contributed by atoms with Crippen LogP contribution in [-0.2, 0) is 15.2 Å². The standard InChI is InChI=1S/C6H6O4S.C5H12N2O/c7-11(8,9)10-6-4-2-1-3-5-6;1-6-4-5(8)7(2)3/h1-5H,(H,7,8,9);6H,4H2,1-3H3. The molecule has 0 aliphatic rings. The van der Waals surface area contributed by atoms with Gasteiger partial charge in [0, 0.05) is 14.1 Å².